The fourth-order valence-corrected chi connectivity index (χ4v) is 9.89. The maximum Gasteiger partial charge on any atom is 0.222 e. The number of alkyl halides is 1. The van der Waals surface area contributed by atoms with Crippen molar-refractivity contribution in [2.45, 2.75) is 52.5 Å². The predicted octanol–water partition coefficient (Wildman–Crippen LogP) is 3.35. The minimum Gasteiger partial charge on any atom is -0.455 e. The van der Waals surface area contributed by atoms with Gasteiger partial charge in [0.1, 0.15) is 0 Å². The van der Waals surface area contributed by atoms with Crippen LogP contribution in [0.3, 0.4) is 0 Å². The molecule has 0 atom stereocenters. The van der Waals surface area contributed by atoms with E-state index in [9.17, 15) is 4.79 Å². The van der Waals surface area contributed by atoms with Crippen LogP contribution >= 0.6 is 11.6 Å². The molecule has 6 heteroatoms. The monoisotopic (exact) mass is 309 g/mol. The Morgan fingerprint density at radius 2 is 1.78 bits per heavy atom. The highest BCUT2D eigenvalue weighted by Crippen LogP contribution is 2.20. The molecule has 0 saturated carbocycles. The molecule has 0 aliphatic heterocycles. The van der Waals surface area contributed by atoms with Crippen molar-refractivity contribution in [1.29, 1.82) is 0 Å². The molecule has 0 saturated heterocycles. The number of hydrogen-bond donors (Lipinski definition) is 1. The van der Waals surface area contributed by atoms with Crippen molar-refractivity contribution in [3.63, 3.8) is 0 Å². The van der Waals surface area contributed by atoms with Gasteiger partial charge in [-0.05, 0) is 38.7 Å². The van der Waals surface area contributed by atoms with Crippen molar-refractivity contribution in [1.82, 2.24) is 5.32 Å². The second-order valence-corrected chi connectivity index (χ2v) is 15.7. The minimum absolute atomic E-state index is 0.0640. The first-order valence-electron chi connectivity index (χ1n) is 6.63. The van der Waals surface area contributed by atoms with Gasteiger partial charge in [0.15, 0.2) is 16.6 Å². The van der Waals surface area contributed by atoms with Gasteiger partial charge in [-0.15, -0.1) is 11.6 Å². The normalized spacial score (nSPS) is 12.9. The van der Waals surface area contributed by atoms with Gasteiger partial charge in [-0.25, -0.2) is 0 Å². The first-order valence-corrected chi connectivity index (χ1v) is 13.4. The Kier molecular flexibility index (Phi) is 7.74. The third-order valence-electron chi connectivity index (χ3n) is 2.65. The Labute approximate surface area is 119 Å². The van der Waals surface area contributed by atoms with Crippen LogP contribution in [0.25, 0.3) is 0 Å². The zero-order valence-electron chi connectivity index (χ0n) is 12.6. The lowest BCUT2D eigenvalue weighted by molar-refractivity contribution is -0.123. The molecule has 0 radical (unpaired) electrons. The van der Waals surface area contributed by atoms with Crippen molar-refractivity contribution in [3.05, 3.63) is 0 Å². The SMILES string of the molecule is CC(C)C(=O)NCCC[Si](C)(C)O[Si](C)(C)CCl. The first kappa shape index (κ1) is 18.2. The molecule has 0 aliphatic rings. The second-order valence-electron chi connectivity index (χ2n) is 6.30. The third-order valence-corrected chi connectivity index (χ3v) is 11.2. The van der Waals surface area contributed by atoms with Crippen molar-refractivity contribution in [2.24, 2.45) is 5.92 Å². The fourth-order valence-electron chi connectivity index (χ4n) is 1.76. The molecule has 0 bridgehead atoms. The van der Waals surface area contributed by atoms with E-state index >= 15 is 0 Å². The molecule has 3 nitrogen and oxygen atoms in total. The highest BCUT2D eigenvalue weighted by atomic mass is 35.5. The summed E-state index contributed by atoms with van der Waals surface area (Å²) in [6, 6.07) is 1.07. The van der Waals surface area contributed by atoms with Crippen LogP contribution in [0, 0.1) is 5.92 Å². The molecule has 0 rings (SSSR count). The molecule has 1 N–H and O–H groups in total. The smallest absolute Gasteiger partial charge is 0.222 e. The van der Waals surface area contributed by atoms with Crippen LogP contribution in [-0.4, -0.2) is 34.6 Å². The number of nitrogens with one attached hydrogen (secondary N) is 1. The summed E-state index contributed by atoms with van der Waals surface area (Å²) < 4.78 is 6.26. The lowest BCUT2D eigenvalue weighted by Crippen LogP contribution is -2.46. The van der Waals surface area contributed by atoms with E-state index in [1.54, 1.807) is 0 Å². The van der Waals surface area contributed by atoms with E-state index in [-0.39, 0.29) is 11.8 Å². The summed E-state index contributed by atoms with van der Waals surface area (Å²) >= 11 is 5.94. The molecular formula is C12H28ClNO2Si2. The minimum atomic E-state index is -1.67. The molecule has 108 valence electrons. The maximum atomic E-state index is 11.4. The summed E-state index contributed by atoms with van der Waals surface area (Å²) in [7, 11) is -3.31. The number of hydrogen-bond acceptors (Lipinski definition) is 2. The zero-order chi connectivity index (χ0) is 14.4. The van der Waals surface area contributed by atoms with Crippen LogP contribution in [0.2, 0.25) is 32.2 Å². The molecule has 0 aromatic rings. The second kappa shape index (κ2) is 7.67. The molecule has 0 aliphatic carbocycles. The van der Waals surface area contributed by atoms with Crippen LogP contribution in [0.15, 0.2) is 0 Å². The molecular weight excluding hydrogens is 282 g/mol. The Morgan fingerprint density at radius 3 is 2.22 bits per heavy atom. The Balaban J connectivity index is 3.94. The molecule has 0 unspecified atom stereocenters. The average Bonchev–Trinajstić information content (AvgIpc) is 2.22. The average molecular weight is 310 g/mol. The molecule has 0 aromatic carbocycles. The lowest BCUT2D eigenvalue weighted by Gasteiger charge is -2.32. The summed E-state index contributed by atoms with van der Waals surface area (Å²) in [6.07, 6.45) is 0.991. The Bertz CT molecular complexity index is 271. The van der Waals surface area contributed by atoms with Gasteiger partial charge in [0.05, 0.1) is 0 Å². The largest absolute Gasteiger partial charge is 0.455 e. The number of carbonyl (C=O) groups excluding carboxylic acids is 1. The van der Waals surface area contributed by atoms with E-state index < -0.39 is 16.6 Å². The molecule has 18 heavy (non-hydrogen) atoms. The summed E-state index contributed by atoms with van der Waals surface area (Å²) in [6.45, 7) is 13.4. The zero-order valence-corrected chi connectivity index (χ0v) is 15.4. The van der Waals surface area contributed by atoms with E-state index in [2.05, 4.69) is 31.5 Å². The van der Waals surface area contributed by atoms with Gasteiger partial charge in [-0.1, -0.05) is 13.8 Å². The van der Waals surface area contributed by atoms with Crippen molar-refractivity contribution in [2.75, 3.05) is 12.0 Å². The molecule has 0 spiro atoms. The van der Waals surface area contributed by atoms with E-state index in [0.29, 0.717) is 5.50 Å². The molecule has 0 heterocycles. The summed E-state index contributed by atoms with van der Waals surface area (Å²) in [4.78, 5) is 11.4. The third kappa shape index (κ3) is 8.29. The van der Waals surface area contributed by atoms with Crippen LogP contribution in [0.5, 0.6) is 0 Å². The van der Waals surface area contributed by atoms with Gasteiger partial charge in [-0.2, -0.15) is 0 Å². The quantitative estimate of drug-likeness (QED) is 0.424. The van der Waals surface area contributed by atoms with Crippen molar-refractivity contribution >= 4 is 34.1 Å². The summed E-state index contributed by atoms with van der Waals surface area (Å²) in [5.74, 6) is 0.194. The van der Waals surface area contributed by atoms with Gasteiger partial charge in [0, 0.05) is 18.0 Å². The fraction of sp³-hybridized carbons (Fsp3) is 0.917. The summed E-state index contributed by atoms with van der Waals surface area (Å²) in [5.41, 5.74) is 0.646. The number of carbonyl (C=O) groups is 1. The van der Waals surface area contributed by atoms with Crippen molar-refractivity contribution < 1.29 is 8.91 Å². The summed E-state index contributed by atoms with van der Waals surface area (Å²) in [5, 5.41) is 2.94. The first-order chi connectivity index (χ1) is 8.09. The highest BCUT2D eigenvalue weighted by molar-refractivity contribution is 6.87. The number of halogens is 1. The van der Waals surface area contributed by atoms with Gasteiger partial charge in [0.25, 0.3) is 0 Å². The van der Waals surface area contributed by atoms with E-state index in [1.807, 2.05) is 13.8 Å². The van der Waals surface area contributed by atoms with Gasteiger partial charge >= 0.3 is 0 Å². The van der Waals surface area contributed by atoms with Crippen LogP contribution in [-0.2, 0) is 8.91 Å². The lowest BCUT2D eigenvalue weighted by atomic mass is 10.2. The maximum absolute atomic E-state index is 11.4. The van der Waals surface area contributed by atoms with Crippen LogP contribution < -0.4 is 5.32 Å². The van der Waals surface area contributed by atoms with E-state index in [4.69, 9.17) is 15.7 Å². The van der Waals surface area contributed by atoms with Crippen molar-refractivity contribution in [3.8, 4) is 0 Å². The van der Waals surface area contributed by atoms with E-state index in [1.165, 1.54) is 0 Å². The van der Waals surface area contributed by atoms with E-state index in [0.717, 1.165) is 19.0 Å². The highest BCUT2D eigenvalue weighted by Gasteiger charge is 2.31. The van der Waals surface area contributed by atoms with Crippen LogP contribution in [0.4, 0.5) is 0 Å². The topological polar surface area (TPSA) is 38.3 Å². The van der Waals surface area contributed by atoms with Gasteiger partial charge < -0.3 is 9.43 Å². The predicted molar refractivity (Wildman–Crippen MR) is 84.0 cm³/mol. The number of rotatable bonds is 8. The Hall–Kier alpha value is 0.154. The Morgan fingerprint density at radius 1 is 1.22 bits per heavy atom. The number of amides is 1. The molecule has 0 aromatic heterocycles. The molecule has 1 amide bonds. The standard InChI is InChI=1S/C12H28ClNO2Si2/c1-11(2)12(15)14-8-7-9-17(3,4)16-18(5,6)10-13/h11H,7-10H2,1-6H3,(H,14,15). The van der Waals surface area contributed by atoms with Gasteiger partial charge in [0.2, 0.25) is 5.91 Å². The van der Waals surface area contributed by atoms with Gasteiger partial charge in [-0.3, -0.25) is 4.79 Å². The van der Waals surface area contributed by atoms with Crippen LogP contribution in [0.1, 0.15) is 20.3 Å². The molecule has 0 fully saturated rings.